The molecule has 0 aliphatic carbocycles. The van der Waals surface area contributed by atoms with Gasteiger partial charge in [-0.2, -0.15) is 0 Å². The average Bonchev–Trinajstić information content (AvgIpc) is 0.740. The van der Waals surface area contributed by atoms with Crippen molar-refractivity contribution in [3.05, 3.63) is 262 Å². The maximum atomic E-state index is 11.4. The third-order valence-corrected chi connectivity index (χ3v) is 22.4. The molecule has 0 aromatic heterocycles. The van der Waals surface area contributed by atoms with Crippen LogP contribution in [0.5, 0.6) is 51.7 Å². The van der Waals surface area contributed by atoms with Crippen LogP contribution in [0.25, 0.3) is 0 Å². The summed E-state index contributed by atoms with van der Waals surface area (Å²) in [6, 6.07) is 49.2. The SMILES string of the molecule is C.C.CCC(C)(C)c1ccc(OCCc2cc(COC)c(O)c(COC)c2)cc1.CCC(C)c1ccc(OCCOc2c(COC)cc(C(C)(c3ccc(C(C)(C)c4cc(COC)c(O)c(COC)c4)cc3)c3cc(COC)c(O)c(COC)c3)cc2COC)cc1.CCC(C)c1ccc(OCOc2c(CO)c(CO)c(O)c(CO)c2CO)cc1. The Bertz CT molecular complexity index is 4420. The maximum absolute atomic E-state index is 11.4. The minimum Gasteiger partial charge on any atom is -0.507 e. The standard InChI is InChI=1S/C53H68O10.C23H32O4.C21H28O7.2CH4/c1-12-35(2)36-13-19-48(20-14-36)62-21-22-63-51-41(33-60-10)27-47(28-42(51)34-61-11)53(5,46-25-39(31-58-8)50(55)40(26-46)32-59-9)44-17-15-43(16-18-44)52(3,4)45-23-37(29-56-6)49(54)38(24-45)30-57-7;1-6-23(2,3)20-7-9-21(10-8-20)27-12-11-17-13-18(15-25-4)22(24)19(14-17)16-26-5;1-3-13(2)14-4-6-15(7-5-14)27-12-28-21-18(10-24)16(8-22)20(26)17(9-23)19(21)11-25;;/h13-20,23-28,35,54-55H,12,21-22,29-34H2,1-11H3;7-10,13-14,24H,6,11-12,15-16H2,1-5H3;4-7,13,22-26H,3,8-12H2,1-2H3;2*1H4. The molecule has 21 nitrogen and oxygen atoms in total. The molecule has 0 fully saturated rings. The van der Waals surface area contributed by atoms with Crippen molar-refractivity contribution in [2.24, 2.45) is 0 Å². The zero-order valence-corrected chi connectivity index (χ0v) is 72.5. The summed E-state index contributed by atoms with van der Waals surface area (Å²) in [5.41, 5.74) is 15.2. The fourth-order valence-corrected chi connectivity index (χ4v) is 14.4. The Labute approximate surface area is 713 Å². The van der Waals surface area contributed by atoms with Gasteiger partial charge in [-0.25, -0.2) is 0 Å². The van der Waals surface area contributed by atoms with Gasteiger partial charge in [0, 0.05) is 141 Å². The highest BCUT2D eigenvalue weighted by Crippen LogP contribution is 2.47. The Morgan fingerprint density at radius 2 is 0.633 bits per heavy atom. The van der Waals surface area contributed by atoms with Gasteiger partial charge in [-0.05, 0) is 178 Å². The van der Waals surface area contributed by atoms with Crippen molar-refractivity contribution in [1.29, 1.82) is 0 Å². The van der Waals surface area contributed by atoms with E-state index in [-0.39, 0.29) is 104 Å². The van der Waals surface area contributed by atoms with Gasteiger partial charge in [-0.1, -0.05) is 138 Å². The zero-order valence-electron chi connectivity index (χ0n) is 72.5. The molecule has 0 aliphatic rings. The second-order valence-corrected chi connectivity index (χ2v) is 30.9. The summed E-state index contributed by atoms with van der Waals surface area (Å²) in [5.74, 6) is 4.19. The molecule has 0 heterocycles. The Kier molecular flexibility index (Phi) is 41.8. The van der Waals surface area contributed by atoms with Crippen LogP contribution in [-0.4, -0.2) is 124 Å². The first-order valence-electron chi connectivity index (χ1n) is 40.2. The molecule has 3 atom stereocenters. The van der Waals surface area contributed by atoms with Crippen LogP contribution in [0.2, 0.25) is 0 Å². The summed E-state index contributed by atoms with van der Waals surface area (Å²) in [6.45, 7) is 23.1. The van der Waals surface area contributed by atoms with Crippen LogP contribution in [-0.2, 0) is 140 Å². The minimum atomic E-state index is -0.786. The fourth-order valence-electron chi connectivity index (χ4n) is 14.4. The van der Waals surface area contributed by atoms with Crippen molar-refractivity contribution in [3.63, 3.8) is 0 Å². The fraction of sp³-hybridized carbons (Fsp3) is 0.455. The second-order valence-electron chi connectivity index (χ2n) is 30.9. The van der Waals surface area contributed by atoms with Crippen LogP contribution in [0, 0.1) is 0 Å². The van der Waals surface area contributed by atoms with Gasteiger partial charge in [0.1, 0.15) is 65.0 Å². The second kappa shape index (κ2) is 49.6. The predicted octanol–water partition coefficient (Wildman–Crippen LogP) is 19.2. The van der Waals surface area contributed by atoms with Crippen LogP contribution >= 0.6 is 0 Å². The zero-order chi connectivity index (χ0) is 86.3. The van der Waals surface area contributed by atoms with Crippen molar-refractivity contribution in [2.75, 3.05) is 83.5 Å². The number of aliphatic hydroxyl groups is 4. The molecular formula is C99H136O21. The van der Waals surface area contributed by atoms with Gasteiger partial charge in [0.05, 0.1) is 85.9 Å². The van der Waals surface area contributed by atoms with Crippen LogP contribution in [0.15, 0.2) is 146 Å². The summed E-state index contributed by atoms with van der Waals surface area (Å²) in [4.78, 5) is 0. The monoisotopic (exact) mass is 1660 g/mol. The lowest BCUT2D eigenvalue weighted by atomic mass is 9.68. The molecule has 9 aromatic rings. The van der Waals surface area contributed by atoms with Gasteiger partial charge >= 0.3 is 0 Å². The van der Waals surface area contributed by atoms with E-state index in [0.717, 1.165) is 92.8 Å². The highest BCUT2D eigenvalue weighted by Gasteiger charge is 2.36. The molecule has 21 heteroatoms. The van der Waals surface area contributed by atoms with Crippen molar-refractivity contribution < 1.29 is 102 Å². The van der Waals surface area contributed by atoms with Gasteiger partial charge in [-0.3, -0.25) is 0 Å². The number of ether oxygens (including phenoxy) is 13. The predicted molar refractivity (Wildman–Crippen MR) is 472 cm³/mol. The lowest BCUT2D eigenvalue weighted by molar-refractivity contribution is 0.112. The lowest BCUT2D eigenvalue weighted by Gasteiger charge is -2.35. The first kappa shape index (κ1) is 101. The van der Waals surface area contributed by atoms with Gasteiger partial charge in [0.15, 0.2) is 0 Å². The van der Waals surface area contributed by atoms with E-state index in [1.807, 2.05) is 84.9 Å². The van der Waals surface area contributed by atoms with E-state index in [0.29, 0.717) is 91.8 Å². The molecule has 0 radical (unpaired) electrons. The van der Waals surface area contributed by atoms with Gasteiger partial charge < -0.3 is 102 Å². The van der Waals surface area contributed by atoms with Crippen LogP contribution < -0.4 is 23.7 Å². The summed E-state index contributed by atoms with van der Waals surface area (Å²) < 4.78 is 73.9. The van der Waals surface area contributed by atoms with E-state index < -0.39 is 37.3 Å². The molecule has 9 rings (SSSR count). The summed E-state index contributed by atoms with van der Waals surface area (Å²) in [5, 5.41) is 81.3. The Hall–Kier alpha value is -9.30. The van der Waals surface area contributed by atoms with Crippen molar-refractivity contribution >= 4 is 0 Å². The Balaban J connectivity index is 0.000000370. The van der Waals surface area contributed by atoms with Crippen LogP contribution in [0.1, 0.15) is 232 Å². The molecule has 0 bridgehead atoms. The Morgan fingerprint density at radius 3 is 1.00 bits per heavy atom. The molecule has 0 amide bonds. The molecule has 0 saturated heterocycles. The molecular weight excluding hydrogens is 1530 g/mol. The largest absolute Gasteiger partial charge is 0.507 e. The Morgan fingerprint density at radius 1 is 0.317 bits per heavy atom. The molecule has 3 unspecified atom stereocenters. The molecule has 0 spiro atoms. The lowest BCUT2D eigenvalue weighted by Crippen LogP contribution is -2.27. The van der Waals surface area contributed by atoms with Crippen molar-refractivity contribution in [2.45, 2.75) is 217 Å². The number of rotatable bonds is 44. The number of phenolic OH excluding ortho intramolecular Hbond substituents is 3. The third-order valence-electron chi connectivity index (χ3n) is 22.4. The van der Waals surface area contributed by atoms with Crippen molar-refractivity contribution in [1.82, 2.24) is 0 Å². The van der Waals surface area contributed by atoms with Gasteiger partial charge in [0.25, 0.3) is 0 Å². The average molecular weight is 1660 g/mol. The third kappa shape index (κ3) is 25.9. The van der Waals surface area contributed by atoms with Crippen molar-refractivity contribution in [3.8, 4) is 51.7 Å². The molecule has 8 N–H and O–H groups in total. The summed E-state index contributed by atoms with van der Waals surface area (Å²) in [6.07, 6.45) is 3.97. The minimum absolute atomic E-state index is 0. The van der Waals surface area contributed by atoms with E-state index in [9.17, 15) is 40.9 Å². The van der Waals surface area contributed by atoms with E-state index in [1.165, 1.54) is 16.7 Å². The topological polar surface area (TPSA) is 282 Å². The normalized spacial score (nSPS) is 12.3. The molecule has 9 aromatic carbocycles. The first-order chi connectivity index (χ1) is 56.7. The molecule has 658 valence electrons. The highest BCUT2D eigenvalue weighted by molar-refractivity contribution is 5.61. The number of methoxy groups -OCH3 is 8. The van der Waals surface area contributed by atoms with Gasteiger partial charge in [-0.15, -0.1) is 0 Å². The first-order valence-corrected chi connectivity index (χ1v) is 40.2. The number of hydrogen-bond donors (Lipinski definition) is 8. The summed E-state index contributed by atoms with van der Waals surface area (Å²) in [7, 11) is 13.1. The van der Waals surface area contributed by atoms with E-state index >= 15 is 0 Å². The quantitative estimate of drug-likeness (QED) is 0.0100. The number of aromatic hydroxyl groups is 4. The van der Waals surface area contributed by atoms with Crippen LogP contribution in [0.3, 0.4) is 0 Å². The smallest absolute Gasteiger partial charge is 0.230 e. The maximum Gasteiger partial charge on any atom is 0.230 e. The number of aliphatic hydroxyl groups excluding tert-OH is 4. The molecule has 0 aliphatic heterocycles. The van der Waals surface area contributed by atoms with E-state index in [1.54, 1.807) is 56.9 Å². The molecule has 0 saturated carbocycles. The van der Waals surface area contributed by atoms with E-state index in [4.69, 9.17) is 61.6 Å². The molecule has 120 heavy (non-hydrogen) atoms. The summed E-state index contributed by atoms with van der Waals surface area (Å²) >= 11 is 0. The number of phenols is 4. The van der Waals surface area contributed by atoms with E-state index in [2.05, 4.69) is 130 Å². The highest BCUT2D eigenvalue weighted by atomic mass is 16.7. The van der Waals surface area contributed by atoms with Crippen LogP contribution in [0.4, 0.5) is 0 Å². The number of hydrogen-bond acceptors (Lipinski definition) is 21. The van der Waals surface area contributed by atoms with Gasteiger partial charge in [0.2, 0.25) is 6.79 Å². The number of benzene rings is 9.